The van der Waals surface area contributed by atoms with Crippen LogP contribution < -0.4 is 5.32 Å². The highest BCUT2D eigenvalue weighted by atomic mass is 32.1. The minimum absolute atomic E-state index is 0.101. The summed E-state index contributed by atoms with van der Waals surface area (Å²) in [6.07, 6.45) is 7.10. The van der Waals surface area contributed by atoms with E-state index in [1.807, 2.05) is 40.5 Å². The number of rotatable bonds is 6. The highest BCUT2D eigenvalue weighted by Crippen LogP contribution is 2.50. The zero-order valence-electron chi connectivity index (χ0n) is 12.5. The standard InChI is InChI=1S/C17H17N3O2S/c21-16(17(6-7-17)15-5-2-11-23-15)18-12-13(14-4-1-10-22-14)20-9-3-8-19-20/h1-5,8-11,13H,6-7,12H2,(H,18,21). The van der Waals surface area contributed by atoms with Gasteiger partial charge in [-0.05, 0) is 42.5 Å². The Morgan fingerprint density at radius 2 is 2.30 bits per heavy atom. The van der Waals surface area contributed by atoms with E-state index in [1.54, 1.807) is 23.8 Å². The lowest BCUT2D eigenvalue weighted by atomic mass is 10.0. The van der Waals surface area contributed by atoms with Gasteiger partial charge in [-0.1, -0.05) is 6.07 Å². The van der Waals surface area contributed by atoms with Crippen molar-refractivity contribution in [3.05, 3.63) is 65.0 Å². The van der Waals surface area contributed by atoms with Crippen molar-refractivity contribution in [1.82, 2.24) is 15.1 Å². The first-order valence-electron chi connectivity index (χ1n) is 7.64. The summed E-state index contributed by atoms with van der Waals surface area (Å²) in [5.41, 5.74) is -0.313. The molecule has 1 fully saturated rings. The summed E-state index contributed by atoms with van der Waals surface area (Å²) in [5, 5.41) is 9.41. The number of carbonyl (C=O) groups is 1. The maximum atomic E-state index is 12.7. The summed E-state index contributed by atoms with van der Waals surface area (Å²) in [6.45, 7) is 0.459. The number of amides is 1. The van der Waals surface area contributed by atoms with Gasteiger partial charge in [0.1, 0.15) is 11.8 Å². The van der Waals surface area contributed by atoms with Crippen LogP contribution in [-0.4, -0.2) is 22.2 Å². The summed E-state index contributed by atoms with van der Waals surface area (Å²) in [7, 11) is 0. The van der Waals surface area contributed by atoms with Gasteiger partial charge in [0.25, 0.3) is 0 Å². The van der Waals surface area contributed by atoms with Crippen LogP contribution in [0.4, 0.5) is 0 Å². The number of carbonyl (C=O) groups excluding carboxylic acids is 1. The van der Waals surface area contributed by atoms with Crippen LogP contribution in [0.5, 0.6) is 0 Å². The van der Waals surface area contributed by atoms with Crippen molar-refractivity contribution in [2.75, 3.05) is 6.54 Å². The van der Waals surface area contributed by atoms with Gasteiger partial charge in [-0.25, -0.2) is 0 Å². The quantitative estimate of drug-likeness (QED) is 0.757. The maximum absolute atomic E-state index is 12.7. The van der Waals surface area contributed by atoms with Gasteiger partial charge in [-0.3, -0.25) is 9.48 Å². The Hall–Kier alpha value is -2.34. The Kier molecular flexibility index (Phi) is 3.53. The highest BCUT2D eigenvalue weighted by Gasteiger charge is 2.52. The predicted molar refractivity (Wildman–Crippen MR) is 87.3 cm³/mol. The molecule has 4 rings (SSSR count). The second-order valence-corrected chi connectivity index (χ2v) is 6.73. The highest BCUT2D eigenvalue weighted by molar-refractivity contribution is 7.10. The van der Waals surface area contributed by atoms with E-state index in [1.165, 1.54) is 0 Å². The zero-order chi connectivity index (χ0) is 15.7. The fourth-order valence-corrected chi connectivity index (χ4v) is 3.87. The third-order valence-corrected chi connectivity index (χ3v) is 5.42. The number of hydrogen-bond donors (Lipinski definition) is 1. The van der Waals surface area contributed by atoms with Crippen molar-refractivity contribution in [3.63, 3.8) is 0 Å². The van der Waals surface area contributed by atoms with Gasteiger partial charge in [0.2, 0.25) is 5.91 Å². The van der Waals surface area contributed by atoms with E-state index in [9.17, 15) is 4.79 Å². The average Bonchev–Trinajstić information content (AvgIpc) is 3.10. The normalized spacial score (nSPS) is 16.9. The molecule has 0 aliphatic heterocycles. The molecule has 1 saturated carbocycles. The second-order valence-electron chi connectivity index (χ2n) is 5.79. The Bertz CT molecular complexity index is 725. The summed E-state index contributed by atoms with van der Waals surface area (Å²) in [5.74, 6) is 0.888. The molecule has 0 spiro atoms. The third-order valence-electron chi connectivity index (χ3n) is 4.35. The Labute approximate surface area is 137 Å². The van der Waals surface area contributed by atoms with Gasteiger partial charge in [0.05, 0.1) is 11.7 Å². The molecule has 0 radical (unpaired) electrons. The Balaban J connectivity index is 1.49. The molecule has 1 aliphatic carbocycles. The molecule has 0 aromatic carbocycles. The number of nitrogens with zero attached hydrogens (tertiary/aromatic N) is 2. The van der Waals surface area contributed by atoms with Crippen LogP contribution in [0.2, 0.25) is 0 Å². The van der Waals surface area contributed by atoms with E-state index in [4.69, 9.17) is 4.42 Å². The first-order chi connectivity index (χ1) is 11.3. The van der Waals surface area contributed by atoms with E-state index >= 15 is 0 Å². The van der Waals surface area contributed by atoms with Crippen LogP contribution in [0.25, 0.3) is 0 Å². The molecule has 1 aliphatic rings. The number of furan rings is 1. The summed E-state index contributed by atoms with van der Waals surface area (Å²) in [4.78, 5) is 13.9. The third kappa shape index (κ3) is 2.59. The zero-order valence-corrected chi connectivity index (χ0v) is 13.3. The smallest absolute Gasteiger partial charge is 0.231 e. The van der Waals surface area contributed by atoms with E-state index < -0.39 is 0 Å². The molecule has 0 bridgehead atoms. The summed E-state index contributed by atoms with van der Waals surface area (Å²) < 4.78 is 7.32. The molecular formula is C17H17N3O2S. The molecule has 118 valence electrons. The number of thiophene rings is 1. The first-order valence-corrected chi connectivity index (χ1v) is 8.52. The molecule has 23 heavy (non-hydrogen) atoms. The van der Waals surface area contributed by atoms with Crippen molar-refractivity contribution < 1.29 is 9.21 Å². The van der Waals surface area contributed by atoms with Crippen LogP contribution >= 0.6 is 11.3 Å². The van der Waals surface area contributed by atoms with Crippen LogP contribution in [-0.2, 0) is 10.2 Å². The van der Waals surface area contributed by atoms with Crippen LogP contribution in [0, 0.1) is 0 Å². The van der Waals surface area contributed by atoms with Gasteiger partial charge < -0.3 is 9.73 Å². The fraction of sp³-hybridized carbons (Fsp3) is 0.294. The summed E-state index contributed by atoms with van der Waals surface area (Å²) in [6, 6.07) is 9.54. The molecule has 5 nitrogen and oxygen atoms in total. The molecular weight excluding hydrogens is 310 g/mol. The van der Waals surface area contributed by atoms with Gasteiger partial charge in [0.15, 0.2) is 0 Å². The van der Waals surface area contributed by atoms with E-state index in [0.717, 1.165) is 23.5 Å². The monoisotopic (exact) mass is 327 g/mol. The second kappa shape index (κ2) is 5.70. The molecule has 1 atom stereocenters. The van der Waals surface area contributed by atoms with Crippen molar-refractivity contribution in [1.29, 1.82) is 0 Å². The maximum Gasteiger partial charge on any atom is 0.231 e. The molecule has 3 aromatic heterocycles. The van der Waals surface area contributed by atoms with Gasteiger partial charge in [0, 0.05) is 23.8 Å². The predicted octanol–water partition coefficient (Wildman–Crippen LogP) is 2.98. The molecule has 6 heteroatoms. The van der Waals surface area contributed by atoms with Crippen LogP contribution in [0.15, 0.2) is 58.8 Å². The lowest BCUT2D eigenvalue weighted by Crippen LogP contribution is -2.38. The topological polar surface area (TPSA) is 60.1 Å². The number of hydrogen-bond acceptors (Lipinski definition) is 4. The van der Waals surface area contributed by atoms with Crippen LogP contribution in [0.3, 0.4) is 0 Å². The lowest BCUT2D eigenvalue weighted by molar-refractivity contribution is -0.123. The summed E-state index contributed by atoms with van der Waals surface area (Å²) >= 11 is 1.65. The molecule has 0 saturated heterocycles. The van der Waals surface area contributed by atoms with Crippen molar-refractivity contribution in [3.8, 4) is 0 Å². The van der Waals surface area contributed by atoms with Crippen LogP contribution in [0.1, 0.15) is 29.5 Å². The minimum atomic E-state index is -0.313. The SMILES string of the molecule is O=C(NCC(c1ccco1)n1cccn1)C1(c2cccs2)CC1. The van der Waals surface area contributed by atoms with E-state index in [0.29, 0.717) is 6.54 Å². The minimum Gasteiger partial charge on any atom is -0.467 e. The molecule has 1 N–H and O–H groups in total. The number of aromatic nitrogens is 2. The van der Waals surface area contributed by atoms with Crippen molar-refractivity contribution in [2.45, 2.75) is 24.3 Å². The first kappa shape index (κ1) is 14.3. The number of nitrogens with one attached hydrogen (secondary N) is 1. The fourth-order valence-electron chi connectivity index (χ4n) is 2.89. The molecule has 1 unspecified atom stereocenters. The Morgan fingerprint density at radius 1 is 1.39 bits per heavy atom. The van der Waals surface area contributed by atoms with Crippen molar-refractivity contribution >= 4 is 17.2 Å². The molecule has 3 aromatic rings. The lowest BCUT2D eigenvalue weighted by Gasteiger charge is -2.19. The van der Waals surface area contributed by atoms with E-state index in [2.05, 4.69) is 16.5 Å². The van der Waals surface area contributed by atoms with Crippen molar-refractivity contribution in [2.24, 2.45) is 0 Å². The van der Waals surface area contributed by atoms with Gasteiger partial charge in [-0.15, -0.1) is 11.3 Å². The van der Waals surface area contributed by atoms with E-state index in [-0.39, 0.29) is 17.4 Å². The molecule has 1 amide bonds. The van der Waals surface area contributed by atoms with Gasteiger partial charge in [-0.2, -0.15) is 5.10 Å². The largest absolute Gasteiger partial charge is 0.467 e. The average molecular weight is 327 g/mol. The molecule has 3 heterocycles. The Morgan fingerprint density at radius 3 is 2.91 bits per heavy atom. The van der Waals surface area contributed by atoms with Gasteiger partial charge >= 0.3 is 0 Å².